The van der Waals surface area contributed by atoms with Crippen LogP contribution >= 0.6 is 11.6 Å². The summed E-state index contributed by atoms with van der Waals surface area (Å²) in [4.78, 5) is 25.5. The van der Waals surface area contributed by atoms with Gasteiger partial charge in [-0.2, -0.15) is 9.78 Å². The molecular formula is C16H15ClF2N4O2. The molecule has 0 unspecified atom stereocenters. The lowest BCUT2D eigenvalue weighted by Crippen LogP contribution is -2.39. The Balaban J connectivity index is 1.91. The molecule has 1 aliphatic heterocycles. The zero-order valence-corrected chi connectivity index (χ0v) is 13.8. The molecule has 1 saturated heterocycles. The maximum absolute atomic E-state index is 13.9. The molecule has 6 nitrogen and oxygen atoms in total. The summed E-state index contributed by atoms with van der Waals surface area (Å²) in [5.74, 6) is -2.21. The highest BCUT2D eigenvalue weighted by atomic mass is 35.5. The molecule has 0 radical (unpaired) electrons. The molecule has 1 aromatic carbocycles. The summed E-state index contributed by atoms with van der Waals surface area (Å²) in [5, 5.41) is 3.84. The van der Waals surface area contributed by atoms with Crippen LogP contribution in [0, 0.1) is 17.6 Å². The molecule has 9 heteroatoms. The average Bonchev–Trinajstić information content (AvgIpc) is 2.58. The summed E-state index contributed by atoms with van der Waals surface area (Å²) >= 11 is 6.16. The Kier molecular flexibility index (Phi) is 4.71. The minimum absolute atomic E-state index is 0.115. The Morgan fingerprint density at radius 3 is 2.52 bits per heavy atom. The summed E-state index contributed by atoms with van der Waals surface area (Å²) in [7, 11) is 0. The molecule has 132 valence electrons. The number of carbonyl (C=O) groups is 1. The molecule has 3 rings (SSSR count). The van der Waals surface area contributed by atoms with E-state index < -0.39 is 17.2 Å². The van der Waals surface area contributed by atoms with Crippen LogP contribution < -0.4 is 16.2 Å². The van der Waals surface area contributed by atoms with E-state index in [1.54, 1.807) is 0 Å². The number of benzene rings is 1. The maximum Gasteiger partial charge on any atom is 0.292 e. The number of nitrogens with zero attached hydrogens (tertiary/aromatic N) is 3. The molecule has 0 aliphatic carbocycles. The first kappa shape index (κ1) is 17.3. The molecule has 0 saturated carbocycles. The van der Waals surface area contributed by atoms with Crippen molar-refractivity contribution >= 4 is 23.2 Å². The highest BCUT2D eigenvalue weighted by molar-refractivity contribution is 6.33. The van der Waals surface area contributed by atoms with Crippen molar-refractivity contribution < 1.29 is 13.6 Å². The Hall–Kier alpha value is -2.48. The van der Waals surface area contributed by atoms with Crippen LogP contribution in [-0.2, 0) is 4.79 Å². The van der Waals surface area contributed by atoms with Crippen molar-refractivity contribution in [3.63, 3.8) is 0 Å². The molecule has 1 fully saturated rings. The van der Waals surface area contributed by atoms with Crippen LogP contribution in [0.4, 0.5) is 14.5 Å². The molecule has 2 N–H and O–H groups in total. The van der Waals surface area contributed by atoms with Gasteiger partial charge in [-0.15, -0.1) is 0 Å². The van der Waals surface area contributed by atoms with Crippen LogP contribution in [0.3, 0.4) is 0 Å². The van der Waals surface area contributed by atoms with E-state index in [-0.39, 0.29) is 22.5 Å². The first-order chi connectivity index (χ1) is 11.9. The zero-order chi connectivity index (χ0) is 18.1. The van der Waals surface area contributed by atoms with Crippen LogP contribution in [0.25, 0.3) is 5.69 Å². The highest BCUT2D eigenvalue weighted by Gasteiger charge is 2.25. The van der Waals surface area contributed by atoms with Crippen molar-refractivity contribution in [3.05, 3.63) is 51.4 Å². The minimum Gasteiger partial charge on any atom is -0.369 e. The Labute approximate surface area is 146 Å². The zero-order valence-electron chi connectivity index (χ0n) is 13.1. The first-order valence-electron chi connectivity index (χ1n) is 7.66. The standard InChI is InChI=1S/C16H15ClF2N4O2/c17-14-13(22-5-3-9(4-6-22)15(20)24)8-21-23(16(14)25)12-2-1-10(18)7-11(12)19/h1-2,7-9H,3-6H2,(H2,20,24). The number of nitrogens with two attached hydrogens (primary N) is 1. The second-order valence-corrected chi connectivity index (χ2v) is 6.20. The molecule has 2 heterocycles. The van der Waals surface area contributed by atoms with Gasteiger partial charge in [-0.05, 0) is 25.0 Å². The van der Waals surface area contributed by atoms with E-state index >= 15 is 0 Å². The van der Waals surface area contributed by atoms with Gasteiger partial charge in [0.1, 0.15) is 16.5 Å². The fourth-order valence-electron chi connectivity index (χ4n) is 2.87. The molecular weight excluding hydrogens is 354 g/mol. The van der Waals surface area contributed by atoms with Gasteiger partial charge < -0.3 is 10.6 Å². The van der Waals surface area contributed by atoms with Crippen LogP contribution in [0.1, 0.15) is 12.8 Å². The van der Waals surface area contributed by atoms with Gasteiger partial charge in [-0.3, -0.25) is 9.59 Å². The summed E-state index contributed by atoms with van der Waals surface area (Å²) in [6.45, 7) is 1.01. The lowest BCUT2D eigenvalue weighted by Gasteiger charge is -2.32. The second-order valence-electron chi connectivity index (χ2n) is 5.82. The van der Waals surface area contributed by atoms with E-state index in [1.165, 1.54) is 6.20 Å². The van der Waals surface area contributed by atoms with Gasteiger partial charge >= 0.3 is 0 Å². The average molecular weight is 369 g/mol. The number of hydrogen-bond donors (Lipinski definition) is 1. The topological polar surface area (TPSA) is 81.2 Å². The molecule has 0 bridgehead atoms. The van der Waals surface area contributed by atoms with Crippen LogP contribution in [0.5, 0.6) is 0 Å². The third-order valence-corrected chi connectivity index (χ3v) is 4.63. The molecule has 1 aliphatic rings. The van der Waals surface area contributed by atoms with E-state index in [9.17, 15) is 18.4 Å². The van der Waals surface area contributed by atoms with Crippen molar-refractivity contribution in [1.29, 1.82) is 0 Å². The van der Waals surface area contributed by atoms with Crippen molar-refractivity contribution in [2.24, 2.45) is 11.7 Å². The fraction of sp³-hybridized carbons (Fsp3) is 0.312. The molecule has 1 amide bonds. The molecule has 1 aromatic heterocycles. The number of aromatic nitrogens is 2. The number of rotatable bonds is 3. The summed E-state index contributed by atoms with van der Waals surface area (Å²) < 4.78 is 27.7. The van der Waals surface area contributed by atoms with E-state index in [2.05, 4.69) is 5.10 Å². The van der Waals surface area contributed by atoms with Gasteiger partial charge in [-0.25, -0.2) is 8.78 Å². The van der Waals surface area contributed by atoms with Crippen molar-refractivity contribution in [2.45, 2.75) is 12.8 Å². The van der Waals surface area contributed by atoms with E-state index in [1.807, 2.05) is 4.90 Å². The Morgan fingerprint density at radius 1 is 1.24 bits per heavy atom. The predicted molar refractivity (Wildman–Crippen MR) is 88.9 cm³/mol. The van der Waals surface area contributed by atoms with E-state index in [0.717, 1.165) is 16.8 Å². The first-order valence-corrected chi connectivity index (χ1v) is 8.04. The number of carbonyl (C=O) groups excluding carboxylic acids is 1. The maximum atomic E-state index is 13.9. The largest absolute Gasteiger partial charge is 0.369 e. The van der Waals surface area contributed by atoms with Crippen molar-refractivity contribution in [3.8, 4) is 5.69 Å². The molecule has 25 heavy (non-hydrogen) atoms. The predicted octanol–water partition coefficient (Wildman–Crippen LogP) is 1.87. The Bertz CT molecular complexity index is 879. The van der Waals surface area contributed by atoms with Gasteiger partial charge in [0.25, 0.3) is 5.56 Å². The smallest absolute Gasteiger partial charge is 0.292 e. The summed E-state index contributed by atoms with van der Waals surface area (Å²) in [5.41, 5.74) is 4.82. The number of hydrogen-bond acceptors (Lipinski definition) is 4. The van der Waals surface area contributed by atoms with Crippen LogP contribution in [-0.4, -0.2) is 28.8 Å². The third kappa shape index (κ3) is 3.34. The van der Waals surface area contributed by atoms with Gasteiger partial charge in [-0.1, -0.05) is 11.6 Å². The minimum atomic E-state index is -0.916. The monoisotopic (exact) mass is 368 g/mol. The van der Waals surface area contributed by atoms with Crippen molar-refractivity contribution in [2.75, 3.05) is 18.0 Å². The summed E-state index contributed by atoms with van der Waals surface area (Å²) in [6.07, 6.45) is 2.47. The van der Waals surface area contributed by atoms with E-state index in [4.69, 9.17) is 17.3 Å². The fourth-order valence-corrected chi connectivity index (χ4v) is 3.12. The van der Waals surface area contributed by atoms with Crippen LogP contribution in [0.2, 0.25) is 5.02 Å². The molecule has 2 aromatic rings. The lowest BCUT2D eigenvalue weighted by atomic mass is 9.96. The van der Waals surface area contributed by atoms with Gasteiger partial charge in [0.2, 0.25) is 5.91 Å². The number of piperidine rings is 1. The Morgan fingerprint density at radius 2 is 1.92 bits per heavy atom. The summed E-state index contributed by atoms with van der Waals surface area (Å²) in [6, 6.07) is 2.82. The lowest BCUT2D eigenvalue weighted by molar-refractivity contribution is -0.122. The van der Waals surface area contributed by atoms with Gasteiger partial charge in [0.15, 0.2) is 5.82 Å². The van der Waals surface area contributed by atoms with Gasteiger partial charge in [0.05, 0.1) is 11.9 Å². The number of anilines is 1. The number of primary amides is 1. The normalized spacial score (nSPS) is 15.4. The van der Waals surface area contributed by atoms with Gasteiger partial charge in [0, 0.05) is 25.1 Å². The SMILES string of the molecule is NC(=O)C1CCN(c2cnn(-c3ccc(F)cc3F)c(=O)c2Cl)CC1. The second kappa shape index (κ2) is 6.79. The molecule has 0 spiro atoms. The number of amides is 1. The number of halogens is 3. The quantitative estimate of drug-likeness (QED) is 0.896. The van der Waals surface area contributed by atoms with E-state index in [0.29, 0.717) is 37.7 Å². The van der Waals surface area contributed by atoms with Crippen LogP contribution in [0.15, 0.2) is 29.2 Å². The molecule has 0 atom stereocenters. The third-order valence-electron chi connectivity index (χ3n) is 4.28. The highest BCUT2D eigenvalue weighted by Crippen LogP contribution is 2.27. The van der Waals surface area contributed by atoms with Crippen molar-refractivity contribution in [1.82, 2.24) is 9.78 Å².